The Kier molecular flexibility index (Phi) is 9.57. The van der Waals surface area contributed by atoms with Gasteiger partial charge in [0.05, 0.1) is 23.5 Å². The molecule has 0 saturated carbocycles. The van der Waals surface area contributed by atoms with Gasteiger partial charge in [0, 0.05) is 44.9 Å². The van der Waals surface area contributed by atoms with Crippen molar-refractivity contribution in [3.8, 4) is 5.75 Å². The Morgan fingerprint density at radius 1 is 1.26 bits per heavy atom. The lowest BCUT2D eigenvalue weighted by molar-refractivity contribution is 0.0165. The van der Waals surface area contributed by atoms with E-state index in [4.69, 9.17) is 9.47 Å². The number of urea groups is 1. The second kappa shape index (κ2) is 11.7. The molecule has 0 unspecified atom stereocenters. The van der Waals surface area contributed by atoms with Gasteiger partial charge in [0.15, 0.2) is 0 Å². The summed E-state index contributed by atoms with van der Waals surface area (Å²) in [6, 6.07) is 4.09. The highest BCUT2D eigenvalue weighted by Crippen LogP contribution is 2.27. The molecule has 0 spiro atoms. The van der Waals surface area contributed by atoms with Gasteiger partial charge in [0.2, 0.25) is 10.0 Å². The maximum Gasteiger partial charge on any atom is 0.317 e. The normalized spacial score (nSPS) is 22.4. The molecule has 1 aromatic rings. The number of carbonyl (C=O) groups is 2. The second-order valence-corrected chi connectivity index (χ2v) is 11.1. The molecule has 0 aliphatic carbocycles. The largest absolute Gasteiger partial charge is 0.491 e. The molecule has 0 fully saturated rings. The number of sulfonamides is 1. The number of hydrogen-bond donors (Lipinski definition) is 2. The Balaban J connectivity index is 2.47. The number of amides is 3. The predicted octanol–water partition coefficient (Wildman–Crippen LogP) is 2.37. The van der Waals surface area contributed by atoms with E-state index in [2.05, 4.69) is 10.0 Å². The smallest absolute Gasteiger partial charge is 0.317 e. The van der Waals surface area contributed by atoms with Gasteiger partial charge in [0.25, 0.3) is 5.91 Å². The lowest BCUT2D eigenvalue weighted by Crippen LogP contribution is -2.52. The van der Waals surface area contributed by atoms with E-state index in [9.17, 15) is 18.0 Å². The first-order valence-electron chi connectivity index (χ1n) is 11.5. The molecule has 0 bridgehead atoms. The molecule has 1 aliphatic rings. The van der Waals surface area contributed by atoms with Crippen molar-refractivity contribution >= 4 is 27.6 Å². The maximum absolute atomic E-state index is 13.3. The third-order valence-corrected chi connectivity index (χ3v) is 7.08. The summed E-state index contributed by atoms with van der Waals surface area (Å²) in [5.41, 5.74) is 0.507. The molecular formula is C23H38N4O6S. The molecule has 10 nitrogen and oxygen atoms in total. The fourth-order valence-electron chi connectivity index (χ4n) is 3.70. The fourth-order valence-corrected chi connectivity index (χ4v) is 4.33. The zero-order valence-corrected chi connectivity index (χ0v) is 21.9. The Labute approximate surface area is 203 Å². The van der Waals surface area contributed by atoms with Crippen LogP contribution in [-0.4, -0.2) is 88.0 Å². The van der Waals surface area contributed by atoms with Gasteiger partial charge in [-0.2, -0.15) is 0 Å². The second-order valence-electron chi connectivity index (χ2n) is 9.07. The minimum absolute atomic E-state index is 0.0228. The van der Waals surface area contributed by atoms with E-state index in [-0.39, 0.29) is 66.2 Å². The van der Waals surface area contributed by atoms with Gasteiger partial charge in [-0.15, -0.1) is 0 Å². The number of likely N-dealkylation sites (N-methyl/N-ethyl adjacent to an activating group) is 1. The molecule has 34 heavy (non-hydrogen) atoms. The zero-order chi connectivity index (χ0) is 25.6. The molecule has 2 N–H and O–H groups in total. The average molecular weight is 499 g/mol. The van der Waals surface area contributed by atoms with E-state index in [0.29, 0.717) is 12.3 Å². The van der Waals surface area contributed by atoms with Gasteiger partial charge in [-0.3, -0.25) is 9.52 Å². The van der Waals surface area contributed by atoms with Crippen LogP contribution in [0.15, 0.2) is 18.2 Å². The monoisotopic (exact) mass is 498 g/mol. The van der Waals surface area contributed by atoms with Gasteiger partial charge < -0.3 is 24.6 Å². The van der Waals surface area contributed by atoms with Crippen LogP contribution in [0, 0.1) is 5.92 Å². The third kappa shape index (κ3) is 7.23. The number of ether oxygens (including phenoxy) is 2. The van der Waals surface area contributed by atoms with Gasteiger partial charge >= 0.3 is 6.03 Å². The van der Waals surface area contributed by atoms with E-state index in [1.54, 1.807) is 31.2 Å². The molecule has 3 amide bonds. The predicted molar refractivity (Wildman–Crippen MR) is 132 cm³/mol. The molecule has 1 heterocycles. The van der Waals surface area contributed by atoms with Crippen molar-refractivity contribution in [3.63, 3.8) is 0 Å². The summed E-state index contributed by atoms with van der Waals surface area (Å²) in [5.74, 6) is -0.158. The number of anilines is 1. The Morgan fingerprint density at radius 2 is 1.94 bits per heavy atom. The number of carbonyl (C=O) groups excluding carboxylic acids is 2. The summed E-state index contributed by atoms with van der Waals surface area (Å²) in [4.78, 5) is 29.5. The van der Waals surface area contributed by atoms with Crippen LogP contribution in [0.25, 0.3) is 0 Å². The van der Waals surface area contributed by atoms with Crippen LogP contribution in [-0.2, 0) is 14.8 Å². The molecule has 3 atom stereocenters. The topological polar surface area (TPSA) is 117 Å². The summed E-state index contributed by atoms with van der Waals surface area (Å²) in [6.45, 7) is 10.1. The van der Waals surface area contributed by atoms with E-state index >= 15 is 0 Å². The number of rotatable bonds is 5. The maximum atomic E-state index is 13.3. The number of methoxy groups -OCH3 is 1. The Morgan fingerprint density at radius 3 is 2.53 bits per heavy atom. The van der Waals surface area contributed by atoms with Gasteiger partial charge in [-0.25, -0.2) is 13.2 Å². The van der Waals surface area contributed by atoms with Gasteiger partial charge in [0.1, 0.15) is 12.4 Å². The number of nitrogens with one attached hydrogen (secondary N) is 2. The van der Waals surface area contributed by atoms with E-state index in [1.165, 1.54) is 17.9 Å². The highest BCUT2D eigenvalue weighted by atomic mass is 32.2. The fraction of sp³-hybridized carbons (Fsp3) is 0.652. The summed E-state index contributed by atoms with van der Waals surface area (Å²) in [7, 11) is -0.269. The highest BCUT2D eigenvalue weighted by molar-refractivity contribution is 7.92. The van der Waals surface area contributed by atoms with Crippen molar-refractivity contribution in [3.05, 3.63) is 23.8 Å². The molecule has 0 radical (unpaired) electrons. The van der Waals surface area contributed by atoms with Crippen LogP contribution in [0.1, 0.15) is 45.0 Å². The van der Waals surface area contributed by atoms with E-state index in [0.717, 1.165) is 0 Å². The first kappa shape index (κ1) is 27.7. The van der Waals surface area contributed by atoms with E-state index in [1.807, 2.05) is 27.7 Å². The lowest BCUT2D eigenvalue weighted by Gasteiger charge is -2.36. The molecule has 1 aliphatic heterocycles. The molecule has 0 saturated heterocycles. The van der Waals surface area contributed by atoms with Crippen LogP contribution in [0.5, 0.6) is 5.75 Å². The molecule has 11 heteroatoms. The zero-order valence-electron chi connectivity index (χ0n) is 21.1. The number of hydrogen-bond acceptors (Lipinski definition) is 6. The van der Waals surface area contributed by atoms with E-state index < -0.39 is 10.0 Å². The standard InChI is InChI=1S/C23H38N4O6S/c1-8-34(30,31)25-18-9-10-20-19(11-18)22(28)26(6)13-21(32-7)16(4)12-27(17(5)14-33-20)23(29)24-15(2)3/h9-11,15-17,21,25H,8,12-14H2,1-7H3,(H,24,29)/t16-,17+,21+/m0/s1. The summed E-state index contributed by atoms with van der Waals surface area (Å²) in [6.07, 6.45) is -0.318. The highest BCUT2D eigenvalue weighted by Gasteiger charge is 2.30. The van der Waals surface area contributed by atoms with Crippen LogP contribution in [0.4, 0.5) is 10.5 Å². The summed E-state index contributed by atoms with van der Waals surface area (Å²) in [5, 5.41) is 2.94. The van der Waals surface area contributed by atoms with Crippen LogP contribution >= 0.6 is 0 Å². The Bertz CT molecular complexity index is 968. The van der Waals surface area contributed by atoms with Crippen molar-refractivity contribution < 1.29 is 27.5 Å². The molecule has 192 valence electrons. The van der Waals surface area contributed by atoms with Gasteiger partial charge in [-0.05, 0) is 45.9 Å². The summed E-state index contributed by atoms with van der Waals surface area (Å²) < 4.78 is 38.2. The third-order valence-electron chi connectivity index (χ3n) is 5.77. The Hall–Kier alpha value is -2.53. The average Bonchev–Trinajstić information content (AvgIpc) is 2.77. The van der Waals surface area contributed by atoms with Crippen molar-refractivity contribution in [2.24, 2.45) is 5.92 Å². The van der Waals surface area contributed by atoms with Crippen molar-refractivity contribution in [2.75, 3.05) is 44.3 Å². The molecule has 1 aromatic carbocycles. The van der Waals surface area contributed by atoms with Crippen molar-refractivity contribution in [1.29, 1.82) is 0 Å². The lowest BCUT2D eigenvalue weighted by atomic mass is 10.0. The SMILES string of the molecule is CCS(=O)(=O)Nc1ccc2c(c1)C(=O)N(C)C[C@@H](OC)[C@@H](C)CN(C(=O)NC(C)C)[C@H](C)CO2. The number of fused-ring (bicyclic) bond motifs is 1. The van der Waals surface area contributed by atoms with Crippen LogP contribution in [0.2, 0.25) is 0 Å². The number of benzene rings is 1. The first-order chi connectivity index (χ1) is 15.9. The van der Waals surface area contributed by atoms with Crippen LogP contribution in [0.3, 0.4) is 0 Å². The number of nitrogens with zero attached hydrogens (tertiary/aromatic N) is 2. The summed E-state index contributed by atoms with van der Waals surface area (Å²) >= 11 is 0. The quantitative estimate of drug-likeness (QED) is 0.644. The van der Waals surface area contributed by atoms with Crippen molar-refractivity contribution in [1.82, 2.24) is 15.1 Å². The molecular weight excluding hydrogens is 460 g/mol. The van der Waals surface area contributed by atoms with Crippen LogP contribution < -0.4 is 14.8 Å². The van der Waals surface area contributed by atoms with Gasteiger partial charge in [-0.1, -0.05) is 6.92 Å². The molecule has 2 rings (SSSR count). The first-order valence-corrected chi connectivity index (χ1v) is 13.2. The molecule has 0 aromatic heterocycles. The van der Waals surface area contributed by atoms with Crippen molar-refractivity contribution in [2.45, 2.75) is 52.8 Å². The minimum atomic E-state index is -3.51. The minimum Gasteiger partial charge on any atom is -0.491 e.